The van der Waals surface area contributed by atoms with Crippen LogP contribution in [0.3, 0.4) is 0 Å². The Morgan fingerprint density at radius 2 is 1.94 bits per heavy atom. The summed E-state index contributed by atoms with van der Waals surface area (Å²) in [5, 5.41) is 2.73. The molecule has 0 saturated carbocycles. The van der Waals surface area contributed by atoms with Crippen LogP contribution < -0.4 is 5.32 Å². The predicted octanol–water partition coefficient (Wildman–Crippen LogP) is 1.04. The standard InChI is InChI=1S/C13H18N2O3/c1-13(2,10-4-6-14-7-5-10)9-15-11(16)8-12(17)18-3/h4-7H,8-9H2,1-3H3,(H,15,16). The highest BCUT2D eigenvalue weighted by molar-refractivity contribution is 5.94. The molecule has 0 aliphatic carbocycles. The molecular formula is C13H18N2O3. The lowest BCUT2D eigenvalue weighted by atomic mass is 9.85. The lowest BCUT2D eigenvalue weighted by Gasteiger charge is -2.25. The molecule has 18 heavy (non-hydrogen) atoms. The van der Waals surface area contributed by atoms with E-state index in [9.17, 15) is 9.59 Å². The van der Waals surface area contributed by atoms with Gasteiger partial charge in [-0.1, -0.05) is 13.8 Å². The van der Waals surface area contributed by atoms with Gasteiger partial charge in [0.2, 0.25) is 5.91 Å². The topological polar surface area (TPSA) is 68.3 Å². The van der Waals surface area contributed by atoms with Gasteiger partial charge < -0.3 is 10.1 Å². The zero-order valence-electron chi connectivity index (χ0n) is 10.9. The number of nitrogens with zero attached hydrogens (tertiary/aromatic N) is 1. The second-order valence-electron chi connectivity index (χ2n) is 4.65. The predicted molar refractivity (Wildman–Crippen MR) is 66.9 cm³/mol. The second kappa shape index (κ2) is 6.14. The van der Waals surface area contributed by atoms with E-state index in [1.165, 1.54) is 7.11 Å². The van der Waals surface area contributed by atoms with E-state index in [0.717, 1.165) is 5.56 Å². The summed E-state index contributed by atoms with van der Waals surface area (Å²) < 4.78 is 4.43. The third kappa shape index (κ3) is 4.16. The summed E-state index contributed by atoms with van der Waals surface area (Å²) in [7, 11) is 1.26. The molecule has 0 aromatic carbocycles. The number of rotatable bonds is 5. The monoisotopic (exact) mass is 250 g/mol. The SMILES string of the molecule is COC(=O)CC(=O)NCC(C)(C)c1ccncc1. The van der Waals surface area contributed by atoms with Crippen molar-refractivity contribution in [2.24, 2.45) is 0 Å². The molecule has 0 radical (unpaired) electrons. The van der Waals surface area contributed by atoms with Gasteiger partial charge in [0.25, 0.3) is 0 Å². The molecule has 98 valence electrons. The van der Waals surface area contributed by atoms with Crippen molar-refractivity contribution in [2.45, 2.75) is 25.7 Å². The third-order valence-electron chi connectivity index (χ3n) is 2.72. The summed E-state index contributed by atoms with van der Waals surface area (Å²) >= 11 is 0. The molecule has 1 rings (SSSR count). The normalized spacial score (nSPS) is 10.8. The molecule has 0 fully saturated rings. The van der Waals surface area contributed by atoms with Crippen LogP contribution in [0.2, 0.25) is 0 Å². The van der Waals surface area contributed by atoms with Gasteiger partial charge in [-0.3, -0.25) is 14.6 Å². The van der Waals surface area contributed by atoms with Crippen molar-refractivity contribution in [3.05, 3.63) is 30.1 Å². The molecule has 1 aromatic heterocycles. The van der Waals surface area contributed by atoms with E-state index >= 15 is 0 Å². The van der Waals surface area contributed by atoms with E-state index in [1.807, 2.05) is 26.0 Å². The van der Waals surface area contributed by atoms with Crippen molar-refractivity contribution in [1.29, 1.82) is 0 Å². The Kier molecular flexibility index (Phi) is 4.83. The van der Waals surface area contributed by atoms with Crippen LogP contribution in [-0.2, 0) is 19.7 Å². The number of pyridine rings is 1. The van der Waals surface area contributed by atoms with Gasteiger partial charge in [0, 0.05) is 24.4 Å². The van der Waals surface area contributed by atoms with Gasteiger partial charge in [0.1, 0.15) is 6.42 Å². The van der Waals surface area contributed by atoms with E-state index in [4.69, 9.17) is 0 Å². The third-order valence-corrected chi connectivity index (χ3v) is 2.72. The first-order chi connectivity index (χ1) is 8.45. The Hall–Kier alpha value is -1.91. The van der Waals surface area contributed by atoms with Crippen LogP contribution in [0, 0.1) is 0 Å². The average Bonchev–Trinajstić information content (AvgIpc) is 2.37. The van der Waals surface area contributed by atoms with Gasteiger partial charge in [0.15, 0.2) is 0 Å². The number of hydrogen-bond donors (Lipinski definition) is 1. The van der Waals surface area contributed by atoms with Crippen molar-refractivity contribution in [3.8, 4) is 0 Å². The molecular weight excluding hydrogens is 232 g/mol. The summed E-state index contributed by atoms with van der Waals surface area (Å²) in [6.45, 7) is 4.48. The molecule has 0 aliphatic heterocycles. The van der Waals surface area contributed by atoms with Gasteiger partial charge in [0.05, 0.1) is 7.11 Å². The fourth-order valence-corrected chi connectivity index (χ4v) is 1.49. The summed E-state index contributed by atoms with van der Waals surface area (Å²) in [6, 6.07) is 3.82. The molecule has 1 N–H and O–H groups in total. The van der Waals surface area contributed by atoms with Crippen LogP contribution in [-0.4, -0.2) is 30.5 Å². The Morgan fingerprint density at radius 1 is 1.33 bits per heavy atom. The molecule has 0 bridgehead atoms. The second-order valence-corrected chi connectivity index (χ2v) is 4.65. The van der Waals surface area contributed by atoms with Gasteiger partial charge >= 0.3 is 5.97 Å². The number of esters is 1. The average molecular weight is 250 g/mol. The molecule has 1 amide bonds. The summed E-state index contributed by atoms with van der Waals surface area (Å²) in [4.78, 5) is 26.3. The Bertz CT molecular complexity index is 416. The molecule has 0 atom stereocenters. The van der Waals surface area contributed by atoms with Crippen LogP contribution in [0.25, 0.3) is 0 Å². The minimum Gasteiger partial charge on any atom is -0.469 e. The number of hydrogen-bond acceptors (Lipinski definition) is 4. The maximum absolute atomic E-state index is 11.5. The van der Waals surface area contributed by atoms with E-state index < -0.39 is 5.97 Å². The molecule has 5 nitrogen and oxygen atoms in total. The molecule has 1 heterocycles. The molecule has 1 aromatic rings. The lowest BCUT2D eigenvalue weighted by Crippen LogP contribution is -2.37. The Labute approximate surface area is 107 Å². The summed E-state index contributed by atoms with van der Waals surface area (Å²) in [5.41, 5.74) is 0.866. The fraction of sp³-hybridized carbons (Fsp3) is 0.462. The zero-order chi connectivity index (χ0) is 13.6. The van der Waals surface area contributed by atoms with Crippen molar-refractivity contribution < 1.29 is 14.3 Å². The number of carbonyl (C=O) groups is 2. The maximum Gasteiger partial charge on any atom is 0.315 e. The van der Waals surface area contributed by atoms with Crippen LogP contribution in [0.5, 0.6) is 0 Å². The van der Waals surface area contributed by atoms with E-state index in [1.54, 1.807) is 12.4 Å². The quantitative estimate of drug-likeness (QED) is 0.626. The first-order valence-electron chi connectivity index (χ1n) is 5.70. The molecule has 5 heteroatoms. The minimum absolute atomic E-state index is 0.214. The number of nitrogens with one attached hydrogen (secondary N) is 1. The fourth-order valence-electron chi connectivity index (χ4n) is 1.49. The first-order valence-corrected chi connectivity index (χ1v) is 5.70. The molecule has 0 aliphatic rings. The van der Waals surface area contributed by atoms with Crippen molar-refractivity contribution >= 4 is 11.9 Å². The number of ether oxygens (including phenoxy) is 1. The molecule has 0 saturated heterocycles. The van der Waals surface area contributed by atoms with Crippen molar-refractivity contribution in [1.82, 2.24) is 10.3 Å². The first kappa shape index (κ1) is 14.2. The lowest BCUT2D eigenvalue weighted by molar-refractivity contribution is -0.143. The van der Waals surface area contributed by atoms with Crippen molar-refractivity contribution in [3.63, 3.8) is 0 Å². The number of carbonyl (C=O) groups excluding carboxylic acids is 2. The van der Waals surface area contributed by atoms with Gasteiger partial charge in [-0.25, -0.2) is 0 Å². The van der Waals surface area contributed by atoms with Crippen LogP contribution in [0.15, 0.2) is 24.5 Å². The highest BCUT2D eigenvalue weighted by Crippen LogP contribution is 2.21. The molecule has 0 unspecified atom stereocenters. The van der Waals surface area contributed by atoms with Gasteiger partial charge in [-0.05, 0) is 17.7 Å². The minimum atomic E-state index is -0.533. The van der Waals surface area contributed by atoms with Crippen LogP contribution in [0.1, 0.15) is 25.8 Å². The zero-order valence-corrected chi connectivity index (χ0v) is 10.9. The van der Waals surface area contributed by atoms with Crippen LogP contribution >= 0.6 is 0 Å². The smallest absolute Gasteiger partial charge is 0.315 e. The van der Waals surface area contributed by atoms with Gasteiger partial charge in [-0.15, -0.1) is 0 Å². The van der Waals surface area contributed by atoms with E-state index in [2.05, 4.69) is 15.0 Å². The summed E-state index contributed by atoms with van der Waals surface area (Å²) in [5.74, 6) is -0.863. The van der Waals surface area contributed by atoms with Gasteiger partial charge in [-0.2, -0.15) is 0 Å². The highest BCUT2D eigenvalue weighted by atomic mass is 16.5. The Balaban J connectivity index is 2.52. The van der Waals surface area contributed by atoms with E-state index in [-0.39, 0.29) is 17.7 Å². The maximum atomic E-state index is 11.5. The summed E-state index contributed by atoms with van der Waals surface area (Å²) in [6.07, 6.45) is 3.18. The van der Waals surface area contributed by atoms with E-state index in [0.29, 0.717) is 6.54 Å². The highest BCUT2D eigenvalue weighted by Gasteiger charge is 2.21. The molecule has 0 spiro atoms. The number of aromatic nitrogens is 1. The number of amides is 1. The Morgan fingerprint density at radius 3 is 2.50 bits per heavy atom. The number of methoxy groups -OCH3 is 1. The van der Waals surface area contributed by atoms with Crippen LogP contribution in [0.4, 0.5) is 0 Å². The largest absolute Gasteiger partial charge is 0.469 e. The van der Waals surface area contributed by atoms with Crippen molar-refractivity contribution in [2.75, 3.05) is 13.7 Å².